The molecule has 0 aliphatic heterocycles. The fourth-order valence-corrected chi connectivity index (χ4v) is 3.18. The highest BCUT2D eigenvalue weighted by molar-refractivity contribution is 6.28. The molecular formula is C17H21ClF2O. The van der Waals surface area contributed by atoms with Crippen molar-refractivity contribution in [1.82, 2.24) is 0 Å². The third kappa shape index (κ3) is 4.70. The van der Waals surface area contributed by atoms with E-state index in [4.69, 9.17) is 11.6 Å². The van der Waals surface area contributed by atoms with Crippen molar-refractivity contribution in [3.63, 3.8) is 0 Å². The average molecular weight is 315 g/mol. The van der Waals surface area contributed by atoms with E-state index in [0.717, 1.165) is 5.92 Å². The molecule has 1 aromatic rings. The molecule has 4 heteroatoms. The molecular weight excluding hydrogens is 294 g/mol. The van der Waals surface area contributed by atoms with E-state index in [1.807, 2.05) is 12.1 Å². The molecule has 1 aliphatic rings. The predicted octanol–water partition coefficient (Wildman–Crippen LogP) is 6.44. The minimum Gasteiger partial charge on any atom is -0.429 e. The fraction of sp³-hybridized carbons (Fsp3) is 0.529. The highest BCUT2D eigenvalue weighted by atomic mass is 35.5. The minimum absolute atomic E-state index is 0.256. The van der Waals surface area contributed by atoms with Crippen LogP contribution in [-0.4, -0.2) is 0 Å². The van der Waals surface area contributed by atoms with Crippen molar-refractivity contribution in [3.8, 4) is 5.75 Å². The quantitative estimate of drug-likeness (QED) is 0.568. The van der Waals surface area contributed by atoms with Crippen molar-refractivity contribution >= 4 is 11.6 Å². The van der Waals surface area contributed by atoms with Crippen LogP contribution in [-0.2, 0) is 0 Å². The summed E-state index contributed by atoms with van der Waals surface area (Å²) in [4.78, 5) is 0. The monoisotopic (exact) mass is 314 g/mol. The van der Waals surface area contributed by atoms with Gasteiger partial charge in [-0.1, -0.05) is 31.9 Å². The van der Waals surface area contributed by atoms with Gasteiger partial charge in [0.05, 0.1) is 0 Å². The van der Waals surface area contributed by atoms with Crippen LogP contribution in [0.4, 0.5) is 8.78 Å². The van der Waals surface area contributed by atoms with Crippen molar-refractivity contribution < 1.29 is 13.5 Å². The SMILES string of the molecule is CCCC1CCC(c2ccc(O/C(F)=C(/F)Cl)cc2)CC1. The lowest BCUT2D eigenvalue weighted by atomic mass is 9.77. The molecule has 0 spiro atoms. The van der Waals surface area contributed by atoms with Gasteiger partial charge >= 0.3 is 6.01 Å². The molecule has 0 bridgehead atoms. The Hall–Kier alpha value is -1.09. The third-order valence-corrected chi connectivity index (χ3v) is 4.40. The van der Waals surface area contributed by atoms with Crippen LogP contribution in [0.15, 0.2) is 35.6 Å². The maximum atomic E-state index is 12.9. The molecule has 0 atom stereocenters. The lowest BCUT2D eigenvalue weighted by Gasteiger charge is -2.28. The molecule has 1 saturated carbocycles. The summed E-state index contributed by atoms with van der Waals surface area (Å²) in [6.07, 6.45) is 7.56. The molecule has 1 nitrogen and oxygen atoms in total. The molecule has 0 radical (unpaired) electrons. The molecule has 0 heterocycles. The van der Waals surface area contributed by atoms with Crippen LogP contribution in [0.25, 0.3) is 0 Å². The first-order chi connectivity index (χ1) is 10.1. The van der Waals surface area contributed by atoms with Gasteiger partial charge in [-0.2, -0.15) is 8.78 Å². The van der Waals surface area contributed by atoms with Gasteiger partial charge in [-0.3, -0.25) is 0 Å². The van der Waals surface area contributed by atoms with Crippen LogP contribution in [0.1, 0.15) is 56.9 Å². The molecule has 0 unspecified atom stereocenters. The number of hydrogen-bond acceptors (Lipinski definition) is 1. The zero-order chi connectivity index (χ0) is 15.2. The second kappa shape index (κ2) is 7.79. The van der Waals surface area contributed by atoms with E-state index in [2.05, 4.69) is 11.7 Å². The largest absolute Gasteiger partial charge is 0.429 e. The van der Waals surface area contributed by atoms with Gasteiger partial charge in [0, 0.05) is 0 Å². The molecule has 0 amide bonds. The van der Waals surface area contributed by atoms with Crippen LogP contribution in [0.2, 0.25) is 0 Å². The summed E-state index contributed by atoms with van der Waals surface area (Å²) in [5.41, 5.74) is 1.24. The predicted molar refractivity (Wildman–Crippen MR) is 81.8 cm³/mol. The van der Waals surface area contributed by atoms with Gasteiger partial charge in [0.25, 0.3) is 5.29 Å². The van der Waals surface area contributed by atoms with Crippen LogP contribution in [0, 0.1) is 5.92 Å². The van der Waals surface area contributed by atoms with Crippen molar-refractivity contribution in [2.75, 3.05) is 0 Å². The minimum atomic E-state index is -1.46. The van der Waals surface area contributed by atoms with E-state index in [1.54, 1.807) is 12.1 Å². The summed E-state index contributed by atoms with van der Waals surface area (Å²) in [5.74, 6) is 1.70. The Bertz CT molecular complexity index is 472. The Labute approximate surface area is 129 Å². The van der Waals surface area contributed by atoms with Gasteiger partial charge < -0.3 is 4.74 Å². The van der Waals surface area contributed by atoms with E-state index in [-0.39, 0.29) is 5.75 Å². The molecule has 1 aliphatic carbocycles. The number of ether oxygens (including phenoxy) is 1. The summed E-state index contributed by atoms with van der Waals surface area (Å²) in [6, 6.07) is 5.78. The van der Waals surface area contributed by atoms with E-state index >= 15 is 0 Å². The van der Waals surface area contributed by atoms with Crippen molar-refractivity contribution in [3.05, 3.63) is 41.1 Å². The molecule has 2 rings (SSSR count). The van der Waals surface area contributed by atoms with Crippen molar-refractivity contribution in [2.45, 2.75) is 51.4 Å². The van der Waals surface area contributed by atoms with Crippen LogP contribution < -0.4 is 4.74 Å². The summed E-state index contributed by atoms with van der Waals surface area (Å²) < 4.78 is 30.0. The molecule has 0 aromatic heterocycles. The lowest BCUT2D eigenvalue weighted by Crippen LogP contribution is -2.13. The first kappa shape index (κ1) is 16.3. The molecule has 1 aromatic carbocycles. The Morgan fingerprint density at radius 1 is 1.14 bits per heavy atom. The summed E-state index contributed by atoms with van der Waals surface area (Å²) in [7, 11) is 0. The number of benzene rings is 1. The second-order valence-electron chi connectivity index (χ2n) is 5.71. The first-order valence-corrected chi connectivity index (χ1v) is 7.96. The van der Waals surface area contributed by atoms with E-state index in [1.165, 1.54) is 44.1 Å². The summed E-state index contributed by atoms with van der Waals surface area (Å²) in [5, 5.41) is -1.46. The maximum absolute atomic E-state index is 12.9. The second-order valence-corrected chi connectivity index (χ2v) is 6.04. The topological polar surface area (TPSA) is 9.23 Å². The van der Waals surface area contributed by atoms with Crippen LogP contribution in [0.3, 0.4) is 0 Å². The van der Waals surface area contributed by atoms with E-state index in [9.17, 15) is 8.78 Å². The zero-order valence-electron chi connectivity index (χ0n) is 12.2. The summed E-state index contributed by atoms with van der Waals surface area (Å²) in [6.45, 7) is 2.24. The lowest BCUT2D eigenvalue weighted by molar-refractivity contribution is 0.285. The zero-order valence-corrected chi connectivity index (χ0v) is 13.0. The van der Waals surface area contributed by atoms with Gasteiger partial charge in [-0.25, -0.2) is 0 Å². The maximum Gasteiger partial charge on any atom is 0.326 e. The molecule has 0 saturated heterocycles. The highest BCUT2D eigenvalue weighted by Gasteiger charge is 2.21. The number of halogens is 3. The molecule has 116 valence electrons. The highest BCUT2D eigenvalue weighted by Crippen LogP contribution is 2.38. The number of hydrogen-bond donors (Lipinski definition) is 0. The van der Waals surface area contributed by atoms with Crippen LogP contribution in [0.5, 0.6) is 5.75 Å². The standard InChI is InChI=1S/C17H21ClF2O/c1-2-3-12-4-6-13(7-5-12)14-8-10-15(11-9-14)21-17(20)16(18)19/h8-13H,2-7H2,1H3/b17-16+. The Morgan fingerprint density at radius 3 is 2.29 bits per heavy atom. The fourth-order valence-electron chi connectivity index (χ4n) is 3.14. The van der Waals surface area contributed by atoms with E-state index in [0.29, 0.717) is 5.92 Å². The van der Waals surface area contributed by atoms with Gasteiger partial charge in [-0.05, 0) is 66.8 Å². The molecule has 1 fully saturated rings. The average Bonchev–Trinajstić information content (AvgIpc) is 2.49. The first-order valence-electron chi connectivity index (χ1n) is 7.58. The Balaban J connectivity index is 1.92. The summed E-state index contributed by atoms with van der Waals surface area (Å²) >= 11 is 4.88. The smallest absolute Gasteiger partial charge is 0.326 e. The number of rotatable bonds is 5. The van der Waals surface area contributed by atoms with Gasteiger partial charge in [0.1, 0.15) is 5.75 Å². The molecule has 0 N–H and O–H groups in total. The van der Waals surface area contributed by atoms with Gasteiger partial charge in [0.15, 0.2) is 0 Å². The third-order valence-electron chi connectivity index (χ3n) is 4.25. The normalized spacial score (nSPS) is 23.6. The van der Waals surface area contributed by atoms with Gasteiger partial charge in [0.2, 0.25) is 0 Å². The van der Waals surface area contributed by atoms with Gasteiger partial charge in [-0.15, -0.1) is 0 Å². The van der Waals surface area contributed by atoms with Crippen LogP contribution >= 0.6 is 11.6 Å². The van der Waals surface area contributed by atoms with Crippen molar-refractivity contribution in [2.24, 2.45) is 5.92 Å². The Morgan fingerprint density at radius 2 is 1.76 bits per heavy atom. The Kier molecular flexibility index (Phi) is 6.04. The van der Waals surface area contributed by atoms with E-state index < -0.39 is 11.3 Å². The molecule has 21 heavy (non-hydrogen) atoms. The van der Waals surface area contributed by atoms with Crippen molar-refractivity contribution in [1.29, 1.82) is 0 Å².